The van der Waals surface area contributed by atoms with E-state index >= 15 is 0 Å². The first-order valence-corrected chi connectivity index (χ1v) is 7.38. The summed E-state index contributed by atoms with van der Waals surface area (Å²) in [6, 6.07) is 7.49. The summed E-state index contributed by atoms with van der Waals surface area (Å²) in [7, 11) is 0. The summed E-state index contributed by atoms with van der Waals surface area (Å²) in [4.78, 5) is 11.4. The van der Waals surface area contributed by atoms with Crippen LogP contribution in [-0.4, -0.2) is 11.1 Å². The molecule has 21 heavy (non-hydrogen) atoms. The van der Waals surface area contributed by atoms with Crippen molar-refractivity contribution in [2.75, 3.05) is 0 Å². The van der Waals surface area contributed by atoms with Gasteiger partial charge < -0.3 is 5.11 Å². The molecular weight excluding hydrogens is 294 g/mol. The van der Waals surface area contributed by atoms with Crippen molar-refractivity contribution in [1.82, 2.24) is 0 Å². The summed E-state index contributed by atoms with van der Waals surface area (Å²) < 4.78 is 27.8. The SMILES string of the molecule is O=C(O)c1cc(F)c(Sc2ccc3c(c2)CCC3)c(F)c1. The van der Waals surface area contributed by atoms with Crippen molar-refractivity contribution in [3.8, 4) is 0 Å². The van der Waals surface area contributed by atoms with Gasteiger partial charge in [-0.25, -0.2) is 13.6 Å². The second-order valence-corrected chi connectivity index (χ2v) is 6.04. The van der Waals surface area contributed by atoms with E-state index in [1.165, 1.54) is 11.1 Å². The first kappa shape index (κ1) is 14.1. The first-order valence-electron chi connectivity index (χ1n) is 6.56. The van der Waals surface area contributed by atoms with Crippen LogP contribution in [0.15, 0.2) is 40.1 Å². The number of halogens is 2. The second-order valence-electron chi connectivity index (χ2n) is 4.96. The van der Waals surface area contributed by atoms with Crippen molar-refractivity contribution in [2.45, 2.75) is 29.1 Å². The maximum absolute atomic E-state index is 13.9. The molecule has 0 unspecified atom stereocenters. The lowest BCUT2D eigenvalue weighted by Gasteiger charge is -2.08. The summed E-state index contributed by atoms with van der Waals surface area (Å²) >= 11 is 0.984. The van der Waals surface area contributed by atoms with Gasteiger partial charge >= 0.3 is 5.97 Å². The third-order valence-corrected chi connectivity index (χ3v) is 4.62. The monoisotopic (exact) mass is 306 g/mol. The molecule has 1 aliphatic carbocycles. The van der Waals surface area contributed by atoms with E-state index < -0.39 is 17.6 Å². The van der Waals surface area contributed by atoms with Crippen LogP contribution in [0, 0.1) is 11.6 Å². The van der Waals surface area contributed by atoms with Crippen molar-refractivity contribution < 1.29 is 18.7 Å². The number of fused-ring (bicyclic) bond motifs is 1. The molecule has 1 aliphatic rings. The van der Waals surface area contributed by atoms with E-state index in [4.69, 9.17) is 5.11 Å². The Morgan fingerprint density at radius 2 is 1.71 bits per heavy atom. The third-order valence-electron chi connectivity index (χ3n) is 3.54. The number of aromatic carboxylic acids is 1. The molecule has 0 amide bonds. The number of carboxylic acids is 1. The minimum Gasteiger partial charge on any atom is -0.478 e. The molecule has 0 saturated carbocycles. The smallest absolute Gasteiger partial charge is 0.335 e. The number of hydrogen-bond acceptors (Lipinski definition) is 2. The van der Waals surface area contributed by atoms with E-state index in [2.05, 4.69) is 0 Å². The molecular formula is C16H12F2O2S. The van der Waals surface area contributed by atoms with Gasteiger partial charge in [0.05, 0.1) is 10.5 Å². The maximum Gasteiger partial charge on any atom is 0.335 e. The molecule has 2 aromatic rings. The fraction of sp³-hybridized carbons (Fsp3) is 0.188. The van der Waals surface area contributed by atoms with Crippen LogP contribution in [0.3, 0.4) is 0 Å². The van der Waals surface area contributed by atoms with Crippen molar-refractivity contribution in [2.24, 2.45) is 0 Å². The Bertz CT molecular complexity index is 705. The molecule has 0 bridgehead atoms. The predicted octanol–water partition coefficient (Wildman–Crippen LogP) is 4.30. The van der Waals surface area contributed by atoms with Crippen LogP contribution in [-0.2, 0) is 12.8 Å². The van der Waals surface area contributed by atoms with Crippen molar-refractivity contribution >= 4 is 17.7 Å². The quantitative estimate of drug-likeness (QED) is 0.918. The van der Waals surface area contributed by atoms with E-state index in [1.807, 2.05) is 18.2 Å². The van der Waals surface area contributed by atoms with Gasteiger partial charge in [0.15, 0.2) is 0 Å². The maximum atomic E-state index is 13.9. The Labute approximate surface area is 124 Å². The van der Waals surface area contributed by atoms with Gasteiger partial charge in [0.25, 0.3) is 0 Å². The van der Waals surface area contributed by atoms with Gasteiger partial charge in [-0.2, -0.15) is 0 Å². The Hall–Kier alpha value is -1.88. The van der Waals surface area contributed by atoms with Gasteiger partial charge in [-0.15, -0.1) is 0 Å². The summed E-state index contributed by atoms with van der Waals surface area (Å²) in [5, 5.41) is 8.78. The highest BCUT2D eigenvalue weighted by atomic mass is 32.2. The topological polar surface area (TPSA) is 37.3 Å². The molecule has 3 rings (SSSR count). The summed E-state index contributed by atoms with van der Waals surface area (Å²) in [5.74, 6) is -3.04. The van der Waals surface area contributed by atoms with Crippen molar-refractivity contribution in [3.63, 3.8) is 0 Å². The molecule has 0 radical (unpaired) electrons. The number of carbonyl (C=O) groups is 1. The van der Waals surface area contributed by atoms with E-state index in [0.717, 1.165) is 48.1 Å². The predicted molar refractivity (Wildman–Crippen MR) is 75.9 cm³/mol. The molecule has 2 aromatic carbocycles. The summed E-state index contributed by atoms with van der Waals surface area (Å²) in [6.45, 7) is 0. The van der Waals surface area contributed by atoms with Crippen LogP contribution >= 0.6 is 11.8 Å². The van der Waals surface area contributed by atoms with Gasteiger partial charge in [-0.3, -0.25) is 0 Å². The lowest BCUT2D eigenvalue weighted by atomic mass is 10.1. The van der Waals surface area contributed by atoms with Gasteiger partial charge in [-0.05, 0) is 54.7 Å². The largest absolute Gasteiger partial charge is 0.478 e. The Balaban J connectivity index is 1.93. The Morgan fingerprint density at radius 3 is 2.38 bits per heavy atom. The van der Waals surface area contributed by atoms with Crippen molar-refractivity contribution in [1.29, 1.82) is 0 Å². The molecule has 0 heterocycles. The van der Waals surface area contributed by atoms with E-state index in [-0.39, 0.29) is 10.5 Å². The van der Waals surface area contributed by atoms with Crippen LogP contribution in [0.25, 0.3) is 0 Å². The molecule has 0 saturated heterocycles. The van der Waals surface area contributed by atoms with Crippen LogP contribution in [0.4, 0.5) is 8.78 Å². The molecule has 5 heteroatoms. The Morgan fingerprint density at radius 1 is 1.05 bits per heavy atom. The van der Waals surface area contributed by atoms with Gasteiger partial charge in [0.2, 0.25) is 0 Å². The number of rotatable bonds is 3. The third kappa shape index (κ3) is 2.78. The number of aryl methyl sites for hydroxylation is 2. The molecule has 0 aliphatic heterocycles. The van der Waals surface area contributed by atoms with Gasteiger partial charge in [0, 0.05) is 4.90 Å². The Kier molecular flexibility index (Phi) is 3.68. The molecule has 2 nitrogen and oxygen atoms in total. The number of carboxylic acid groups (broad SMARTS) is 1. The zero-order valence-corrected chi connectivity index (χ0v) is 11.8. The molecule has 0 spiro atoms. The fourth-order valence-electron chi connectivity index (χ4n) is 2.51. The van der Waals surface area contributed by atoms with Crippen LogP contribution < -0.4 is 0 Å². The second kappa shape index (κ2) is 5.48. The first-order chi connectivity index (χ1) is 10.0. The van der Waals surface area contributed by atoms with Gasteiger partial charge in [0.1, 0.15) is 11.6 Å². The average molecular weight is 306 g/mol. The number of benzene rings is 2. The van der Waals surface area contributed by atoms with E-state index in [1.54, 1.807) is 0 Å². The van der Waals surface area contributed by atoms with Crippen molar-refractivity contribution in [3.05, 3.63) is 58.7 Å². The van der Waals surface area contributed by atoms with E-state index in [0.29, 0.717) is 0 Å². The molecule has 1 N–H and O–H groups in total. The molecule has 0 atom stereocenters. The molecule has 108 valence electrons. The highest BCUT2D eigenvalue weighted by Gasteiger charge is 2.17. The average Bonchev–Trinajstić information content (AvgIpc) is 2.90. The minimum absolute atomic E-state index is 0.169. The van der Waals surface area contributed by atoms with Crippen LogP contribution in [0.2, 0.25) is 0 Å². The zero-order chi connectivity index (χ0) is 15.0. The zero-order valence-electron chi connectivity index (χ0n) is 11.0. The molecule has 0 aromatic heterocycles. The van der Waals surface area contributed by atoms with E-state index in [9.17, 15) is 13.6 Å². The van der Waals surface area contributed by atoms with Gasteiger partial charge in [-0.1, -0.05) is 17.8 Å². The summed E-state index contributed by atoms with van der Waals surface area (Å²) in [6.07, 6.45) is 3.16. The highest BCUT2D eigenvalue weighted by molar-refractivity contribution is 7.99. The van der Waals surface area contributed by atoms with Crippen LogP contribution in [0.5, 0.6) is 0 Å². The minimum atomic E-state index is -1.35. The standard InChI is InChI=1S/C16H12F2O2S/c17-13-7-11(16(19)20)8-14(18)15(13)21-12-5-4-9-2-1-3-10(9)6-12/h4-8H,1-3H2,(H,19,20). The fourth-order valence-corrected chi connectivity index (χ4v) is 3.40. The molecule has 0 fully saturated rings. The lowest BCUT2D eigenvalue weighted by Crippen LogP contribution is -2.00. The summed E-state index contributed by atoms with van der Waals surface area (Å²) in [5.41, 5.74) is 2.13. The normalized spacial score (nSPS) is 13.2. The van der Waals surface area contributed by atoms with Crippen LogP contribution in [0.1, 0.15) is 27.9 Å². The lowest BCUT2D eigenvalue weighted by molar-refractivity contribution is 0.0695. The number of hydrogen-bond donors (Lipinski definition) is 1. The highest BCUT2D eigenvalue weighted by Crippen LogP contribution is 2.35.